The van der Waals surface area contributed by atoms with E-state index in [1.54, 1.807) is 0 Å². The summed E-state index contributed by atoms with van der Waals surface area (Å²) in [7, 11) is 0. The third kappa shape index (κ3) is 5.33. The number of anilines is 2. The van der Waals surface area contributed by atoms with Crippen molar-refractivity contribution in [2.75, 3.05) is 37.7 Å². The summed E-state index contributed by atoms with van der Waals surface area (Å²) in [5, 5.41) is 0. The Bertz CT molecular complexity index is 725. The van der Waals surface area contributed by atoms with Crippen LogP contribution in [0.15, 0.2) is 48.5 Å². The second-order valence-corrected chi connectivity index (χ2v) is 8.70. The molecule has 0 bridgehead atoms. The van der Waals surface area contributed by atoms with E-state index in [1.165, 1.54) is 48.4 Å². The van der Waals surface area contributed by atoms with Gasteiger partial charge in [-0.1, -0.05) is 50.2 Å². The van der Waals surface area contributed by atoms with E-state index in [9.17, 15) is 0 Å². The summed E-state index contributed by atoms with van der Waals surface area (Å²) in [6.45, 7) is 9.51. The zero-order chi connectivity index (χ0) is 19.3. The first-order chi connectivity index (χ1) is 13.7. The number of hydrogen-bond acceptors (Lipinski definition) is 3. The van der Waals surface area contributed by atoms with Gasteiger partial charge in [0.2, 0.25) is 0 Å². The number of fused-ring (bicyclic) bond motifs is 2. The zero-order valence-corrected chi connectivity index (χ0v) is 18.7. The van der Waals surface area contributed by atoms with Crippen molar-refractivity contribution in [2.45, 2.75) is 45.6 Å². The second kappa shape index (κ2) is 10.5. The molecule has 2 heterocycles. The van der Waals surface area contributed by atoms with Gasteiger partial charge in [-0.05, 0) is 68.0 Å². The fourth-order valence-electron chi connectivity index (χ4n) is 4.60. The molecule has 2 aromatic rings. The Kier molecular flexibility index (Phi) is 7.99. The minimum atomic E-state index is 0. The molecule has 29 heavy (non-hydrogen) atoms. The number of nitrogens with zero attached hydrogens (tertiary/aromatic N) is 2. The lowest BCUT2D eigenvalue weighted by Crippen LogP contribution is -2.44. The summed E-state index contributed by atoms with van der Waals surface area (Å²) in [4.78, 5) is 5.22. The van der Waals surface area contributed by atoms with Crippen molar-refractivity contribution >= 4 is 23.8 Å². The Morgan fingerprint density at radius 1 is 0.828 bits per heavy atom. The van der Waals surface area contributed by atoms with E-state index < -0.39 is 0 Å². The van der Waals surface area contributed by atoms with Crippen molar-refractivity contribution < 1.29 is 4.74 Å². The van der Waals surface area contributed by atoms with Crippen LogP contribution >= 0.6 is 12.4 Å². The molecule has 0 saturated carbocycles. The molecule has 0 aliphatic carbocycles. The number of aryl methyl sites for hydroxylation is 2. The summed E-state index contributed by atoms with van der Waals surface area (Å²) in [5.74, 6) is 0.582. The van der Waals surface area contributed by atoms with E-state index in [0.717, 1.165) is 32.6 Å². The predicted octanol–water partition coefficient (Wildman–Crippen LogP) is 5.48. The standard InChI is InChI=1S/C25H34N2O.ClH/c1-20(2)18-28-19-23(26-15-7-8-16-26)17-27-24-11-5-3-9-21(24)13-14-22-10-4-6-12-25(22)27;/h3-6,9-12,20,23H,7-8,13-19H2,1-2H3;1H. The largest absolute Gasteiger partial charge is 0.379 e. The molecule has 0 radical (unpaired) electrons. The van der Waals surface area contributed by atoms with Crippen LogP contribution in [0.4, 0.5) is 11.4 Å². The molecule has 4 rings (SSSR count). The summed E-state index contributed by atoms with van der Waals surface area (Å²) >= 11 is 0. The van der Waals surface area contributed by atoms with Crippen LogP contribution < -0.4 is 4.90 Å². The number of rotatable bonds is 7. The zero-order valence-electron chi connectivity index (χ0n) is 17.8. The van der Waals surface area contributed by atoms with Gasteiger partial charge < -0.3 is 9.64 Å². The first-order valence-electron chi connectivity index (χ1n) is 11.0. The fraction of sp³-hybridized carbons (Fsp3) is 0.520. The van der Waals surface area contributed by atoms with Gasteiger partial charge in [-0.3, -0.25) is 4.90 Å². The van der Waals surface area contributed by atoms with Crippen molar-refractivity contribution in [3.63, 3.8) is 0 Å². The van der Waals surface area contributed by atoms with Crippen LogP contribution in [-0.4, -0.2) is 43.8 Å². The molecule has 0 spiro atoms. The Labute approximate surface area is 182 Å². The van der Waals surface area contributed by atoms with Crippen LogP contribution in [0, 0.1) is 5.92 Å². The Balaban J connectivity index is 0.00000240. The highest BCUT2D eigenvalue weighted by molar-refractivity contribution is 5.85. The maximum atomic E-state index is 6.15. The topological polar surface area (TPSA) is 15.7 Å². The summed E-state index contributed by atoms with van der Waals surface area (Å²) < 4.78 is 6.15. The van der Waals surface area contributed by atoms with Crippen LogP contribution in [0.3, 0.4) is 0 Å². The molecule has 3 nitrogen and oxygen atoms in total. The Morgan fingerprint density at radius 2 is 1.38 bits per heavy atom. The van der Waals surface area contributed by atoms with Gasteiger partial charge in [0, 0.05) is 24.5 Å². The van der Waals surface area contributed by atoms with E-state index in [1.807, 2.05) is 0 Å². The highest BCUT2D eigenvalue weighted by atomic mass is 35.5. The summed E-state index contributed by atoms with van der Waals surface area (Å²) in [6, 6.07) is 18.3. The normalized spacial score (nSPS) is 17.4. The minimum absolute atomic E-state index is 0. The third-order valence-electron chi connectivity index (χ3n) is 6.04. The molecule has 0 amide bonds. The van der Waals surface area contributed by atoms with Crippen molar-refractivity contribution in [3.05, 3.63) is 59.7 Å². The first kappa shape index (κ1) is 22.1. The van der Waals surface area contributed by atoms with Gasteiger partial charge in [0.25, 0.3) is 0 Å². The van der Waals surface area contributed by atoms with Gasteiger partial charge in [-0.15, -0.1) is 12.4 Å². The highest BCUT2D eigenvalue weighted by Gasteiger charge is 2.28. The molecule has 1 fully saturated rings. The molecule has 1 atom stereocenters. The SMILES string of the molecule is CC(C)COCC(CN1c2ccccc2CCc2ccccc21)N1CCCC1.Cl. The third-order valence-corrected chi connectivity index (χ3v) is 6.04. The molecule has 0 N–H and O–H groups in total. The van der Waals surface area contributed by atoms with Crippen LogP contribution in [0.2, 0.25) is 0 Å². The maximum Gasteiger partial charge on any atom is 0.0639 e. The number of halogens is 1. The van der Waals surface area contributed by atoms with Crippen molar-refractivity contribution in [2.24, 2.45) is 5.92 Å². The molecule has 1 saturated heterocycles. The van der Waals surface area contributed by atoms with Gasteiger partial charge in [0.15, 0.2) is 0 Å². The van der Waals surface area contributed by atoms with Gasteiger partial charge in [-0.25, -0.2) is 0 Å². The molecule has 4 heteroatoms. The van der Waals surface area contributed by atoms with Crippen molar-refractivity contribution in [1.29, 1.82) is 0 Å². The molecule has 0 aromatic heterocycles. The van der Waals surface area contributed by atoms with E-state index in [-0.39, 0.29) is 12.4 Å². The van der Waals surface area contributed by atoms with Gasteiger partial charge in [0.05, 0.1) is 12.6 Å². The molecule has 1 unspecified atom stereocenters. The van der Waals surface area contributed by atoms with Crippen LogP contribution in [0.5, 0.6) is 0 Å². The van der Waals surface area contributed by atoms with E-state index in [0.29, 0.717) is 12.0 Å². The van der Waals surface area contributed by atoms with Crippen molar-refractivity contribution in [3.8, 4) is 0 Å². The van der Waals surface area contributed by atoms with Crippen molar-refractivity contribution in [1.82, 2.24) is 4.90 Å². The monoisotopic (exact) mass is 414 g/mol. The summed E-state index contributed by atoms with van der Waals surface area (Å²) in [5.41, 5.74) is 5.67. The Hall–Kier alpha value is -1.55. The Morgan fingerprint density at radius 3 is 1.93 bits per heavy atom. The average Bonchev–Trinajstić information content (AvgIpc) is 3.19. The minimum Gasteiger partial charge on any atom is -0.379 e. The average molecular weight is 415 g/mol. The summed E-state index contributed by atoms with van der Waals surface area (Å²) in [6.07, 6.45) is 4.85. The second-order valence-electron chi connectivity index (χ2n) is 8.70. The quantitative estimate of drug-likeness (QED) is 0.596. The maximum absolute atomic E-state index is 6.15. The van der Waals surface area contributed by atoms with Gasteiger partial charge in [-0.2, -0.15) is 0 Å². The van der Waals surface area contributed by atoms with Gasteiger partial charge >= 0.3 is 0 Å². The molecule has 158 valence electrons. The van der Waals surface area contributed by atoms with Gasteiger partial charge in [0.1, 0.15) is 0 Å². The number of ether oxygens (including phenoxy) is 1. The van der Waals surface area contributed by atoms with Crippen LogP contribution in [0.1, 0.15) is 37.8 Å². The lowest BCUT2D eigenvalue weighted by Gasteiger charge is -2.35. The lowest BCUT2D eigenvalue weighted by atomic mass is 10.0. The number of likely N-dealkylation sites (tertiary alicyclic amines) is 1. The van der Waals surface area contributed by atoms with E-state index in [4.69, 9.17) is 4.74 Å². The molecule has 2 aliphatic heterocycles. The molecule has 2 aliphatic rings. The first-order valence-corrected chi connectivity index (χ1v) is 11.0. The highest BCUT2D eigenvalue weighted by Crippen LogP contribution is 2.36. The van der Waals surface area contributed by atoms with Crippen LogP contribution in [0.25, 0.3) is 0 Å². The lowest BCUT2D eigenvalue weighted by molar-refractivity contribution is 0.0576. The smallest absolute Gasteiger partial charge is 0.0639 e. The fourth-order valence-corrected chi connectivity index (χ4v) is 4.60. The van der Waals surface area contributed by atoms with E-state index in [2.05, 4.69) is 72.2 Å². The predicted molar refractivity (Wildman–Crippen MR) is 125 cm³/mol. The molecule has 2 aromatic carbocycles. The number of hydrogen-bond donors (Lipinski definition) is 0. The van der Waals surface area contributed by atoms with E-state index >= 15 is 0 Å². The number of para-hydroxylation sites is 2. The van der Waals surface area contributed by atoms with Crippen LogP contribution in [-0.2, 0) is 17.6 Å². The molecular weight excluding hydrogens is 380 g/mol. The number of benzene rings is 2. The molecular formula is C25H35ClN2O.